The fourth-order valence-electron chi connectivity index (χ4n) is 6.04. The number of aromatic nitrogens is 4. The molecule has 7 nitrogen and oxygen atoms in total. The number of H-pyrrole nitrogens is 1. The molecule has 1 N–H and O–H groups in total. The van der Waals surface area contributed by atoms with Crippen LogP contribution >= 0.6 is 0 Å². The van der Waals surface area contributed by atoms with Crippen LogP contribution in [0.25, 0.3) is 22.1 Å². The molecule has 0 bridgehead atoms. The van der Waals surface area contributed by atoms with Crippen LogP contribution in [-0.2, 0) is 7.05 Å². The fraction of sp³-hybridized carbons (Fsp3) is 0.464. The number of aryl methyl sites for hydroxylation is 1. The minimum atomic E-state index is -0.697. The minimum absolute atomic E-state index is 0.0516. The Kier molecular flexibility index (Phi) is 6.18. The van der Waals surface area contributed by atoms with Crippen molar-refractivity contribution in [1.82, 2.24) is 29.3 Å². The van der Waals surface area contributed by atoms with Gasteiger partial charge in [-0.15, -0.1) is 0 Å². The molecule has 9 heteroatoms. The van der Waals surface area contributed by atoms with Crippen LogP contribution in [0.2, 0.25) is 0 Å². The number of hydrogen-bond donors (Lipinski definition) is 1. The van der Waals surface area contributed by atoms with E-state index in [1.165, 1.54) is 38.2 Å². The summed E-state index contributed by atoms with van der Waals surface area (Å²) in [5.41, 5.74) is 2.70. The third-order valence-electron chi connectivity index (χ3n) is 8.18. The smallest absolute Gasteiger partial charge is 0.254 e. The summed E-state index contributed by atoms with van der Waals surface area (Å²) >= 11 is 0. The molecule has 1 amide bonds. The van der Waals surface area contributed by atoms with E-state index in [9.17, 15) is 13.6 Å². The van der Waals surface area contributed by atoms with Crippen molar-refractivity contribution in [2.75, 3.05) is 26.2 Å². The average molecular weight is 507 g/mol. The zero-order chi connectivity index (χ0) is 25.7. The molecule has 2 aliphatic rings. The van der Waals surface area contributed by atoms with Gasteiger partial charge in [-0.25, -0.2) is 18.7 Å². The van der Waals surface area contributed by atoms with E-state index < -0.39 is 11.6 Å². The van der Waals surface area contributed by atoms with Crippen LogP contribution in [0.1, 0.15) is 67.0 Å². The molecule has 0 radical (unpaired) electrons. The number of carbonyl (C=O) groups is 1. The molecule has 37 heavy (non-hydrogen) atoms. The van der Waals surface area contributed by atoms with Crippen LogP contribution in [0.15, 0.2) is 30.3 Å². The summed E-state index contributed by atoms with van der Waals surface area (Å²) < 4.78 is 29.8. The Labute approximate surface area is 214 Å². The van der Waals surface area contributed by atoms with Gasteiger partial charge in [0.1, 0.15) is 23.0 Å². The van der Waals surface area contributed by atoms with Crippen LogP contribution < -0.4 is 0 Å². The maximum absolute atomic E-state index is 14.2. The molecule has 1 atom stereocenters. The number of hydrogen-bond acceptors (Lipinski definition) is 4. The van der Waals surface area contributed by atoms with E-state index in [0.29, 0.717) is 22.9 Å². The molecule has 1 saturated carbocycles. The number of nitrogens with zero attached hydrogens (tertiary/aromatic N) is 5. The molecular weight excluding hydrogens is 474 g/mol. The van der Waals surface area contributed by atoms with E-state index in [0.717, 1.165) is 49.1 Å². The molecule has 1 unspecified atom stereocenters. The maximum atomic E-state index is 14.2. The van der Waals surface area contributed by atoms with Gasteiger partial charge in [-0.05, 0) is 44.0 Å². The Hall–Kier alpha value is -3.33. The summed E-state index contributed by atoms with van der Waals surface area (Å²) in [7, 11) is 1.90. The third kappa shape index (κ3) is 4.39. The first-order valence-corrected chi connectivity index (χ1v) is 13.2. The summed E-state index contributed by atoms with van der Waals surface area (Å²) in [6.07, 6.45) is 6.56. The van der Waals surface area contributed by atoms with E-state index in [2.05, 4.69) is 14.9 Å². The van der Waals surface area contributed by atoms with Crippen molar-refractivity contribution >= 4 is 28.0 Å². The summed E-state index contributed by atoms with van der Waals surface area (Å²) in [5.74, 6) is -0.360. The highest BCUT2D eigenvalue weighted by molar-refractivity contribution is 5.97. The minimum Gasteiger partial charge on any atom is -0.341 e. The van der Waals surface area contributed by atoms with Gasteiger partial charge in [-0.2, -0.15) is 0 Å². The molecule has 4 aromatic rings. The SMILES string of the molecule is CC(c1nc2c(F)cc(F)cc2[nH]1)c1nc2ccc(C(=O)N3CCN(C4CCCCC4)CC3)cc2n1C. The zero-order valence-corrected chi connectivity index (χ0v) is 21.3. The highest BCUT2D eigenvalue weighted by Gasteiger charge is 2.28. The Bertz CT molecular complexity index is 1460. The highest BCUT2D eigenvalue weighted by Crippen LogP contribution is 2.29. The topological polar surface area (TPSA) is 70.1 Å². The van der Waals surface area contributed by atoms with Gasteiger partial charge in [0.25, 0.3) is 5.91 Å². The van der Waals surface area contributed by atoms with Crippen molar-refractivity contribution in [2.45, 2.75) is 51.0 Å². The van der Waals surface area contributed by atoms with Crippen LogP contribution in [0.4, 0.5) is 8.78 Å². The highest BCUT2D eigenvalue weighted by atomic mass is 19.1. The molecule has 194 valence electrons. The lowest BCUT2D eigenvalue weighted by Crippen LogP contribution is -2.52. The third-order valence-corrected chi connectivity index (χ3v) is 8.18. The molecule has 2 fully saturated rings. The molecule has 3 heterocycles. The Morgan fingerprint density at radius 3 is 2.54 bits per heavy atom. The first-order chi connectivity index (χ1) is 17.9. The number of carbonyl (C=O) groups excluding carboxylic acids is 1. The van der Waals surface area contributed by atoms with Crippen molar-refractivity contribution in [1.29, 1.82) is 0 Å². The summed E-state index contributed by atoms with van der Waals surface area (Å²) in [6, 6.07) is 8.38. The number of amides is 1. The number of halogens is 2. The number of imidazole rings is 2. The van der Waals surface area contributed by atoms with E-state index in [1.54, 1.807) is 0 Å². The van der Waals surface area contributed by atoms with Gasteiger partial charge in [-0.1, -0.05) is 19.3 Å². The molecule has 1 saturated heterocycles. The lowest BCUT2D eigenvalue weighted by Gasteiger charge is -2.40. The second-order valence-electron chi connectivity index (χ2n) is 10.5. The van der Waals surface area contributed by atoms with Gasteiger partial charge in [0, 0.05) is 50.9 Å². The van der Waals surface area contributed by atoms with E-state index in [4.69, 9.17) is 4.98 Å². The van der Waals surface area contributed by atoms with Crippen LogP contribution in [0.5, 0.6) is 0 Å². The maximum Gasteiger partial charge on any atom is 0.254 e. The number of aromatic amines is 1. The van der Waals surface area contributed by atoms with Gasteiger partial charge in [0.05, 0.1) is 22.5 Å². The van der Waals surface area contributed by atoms with Gasteiger partial charge in [-0.3, -0.25) is 9.69 Å². The van der Waals surface area contributed by atoms with E-state index >= 15 is 0 Å². The van der Waals surface area contributed by atoms with E-state index in [1.807, 2.05) is 41.6 Å². The first-order valence-electron chi connectivity index (χ1n) is 13.2. The Morgan fingerprint density at radius 1 is 1.03 bits per heavy atom. The molecule has 1 aliphatic heterocycles. The molecule has 1 aliphatic carbocycles. The van der Waals surface area contributed by atoms with Crippen LogP contribution in [-0.4, -0.2) is 67.4 Å². The summed E-state index contributed by atoms with van der Waals surface area (Å²) in [4.78, 5) is 30.1. The second-order valence-corrected chi connectivity index (χ2v) is 10.5. The van der Waals surface area contributed by atoms with Crippen molar-refractivity contribution in [3.05, 3.63) is 59.2 Å². The van der Waals surface area contributed by atoms with Gasteiger partial charge in [0.2, 0.25) is 0 Å². The number of rotatable bonds is 4. The number of fused-ring (bicyclic) bond motifs is 2. The largest absolute Gasteiger partial charge is 0.341 e. The van der Waals surface area contributed by atoms with Crippen molar-refractivity contribution in [3.8, 4) is 0 Å². The molecule has 2 aromatic heterocycles. The standard InChI is InChI=1S/C28H32F2N6O/c1-17(26-31-23-16-19(29)15-21(30)25(23)33-26)27-32-22-9-8-18(14-24(22)34(27)2)28(37)36-12-10-35(11-13-36)20-6-4-3-5-7-20/h8-9,14-17,20H,3-7,10-13H2,1-2H3,(H,31,33). The number of piperazine rings is 1. The second kappa shape index (κ2) is 9.52. The van der Waals surface area contributed by atoms with E-state index in [-0.39, 0.29) is 17.3 Å². The van der Waals surface area contributed by atoms with Crippen LogP contribution in [0, 0.1) is 11.6 Å². The monoisotopic (exact) mass is 506 g/mol. The fourth-order valence-corrected chi connectivity index (χ4v) is 6.04. The normalized spacial score (nSPS) is 18.6. The molecule has 0 spiro atoms. The van der Waals surface area contributed by atoms with Gasteiger partial charge >= 0.3 is 0 Å². The first kappa shape index (κ1) is 24.0. The summed E-state index contributed by atoms with van der Waals surface area (Å²) in [5, 5.41) is 0. The number of benzene rings is 2. The van der Waals surface area contributed by atoms with Gasteiger partial charge in [0.15, 0.2) is 5.82 Å². The zero-order valence-electron chi connectivity index (χ0n) is 21.3. The van der Waals surface area contributed by atoms with Crippen molar-refractivity contribution in [2.24, 2.45) is 7.05 Å². The average Bonchev–Trinajstić information content (AvgIpc) is 3.50. The summed E-state index contributed by atoms with van der Waals surface area (Å²) in [6.45, 7) is 5.31. The molecular formula is C28H32F2N6O. The van der Waals surface area contributed by atoms with Crippen molar-refractivity contribution in [3.63, 3.8) is 0 Å². The predicted octanol–water partition coefficient (Wildman–Crippen LogP) is 4.97. The lowest BCUT2D eigenvalue weighted by molar-refractivity contribution is 0.0523. The van der Waals surface area contributed by atoms with Crippen molar-refractivity contribution < 1.29 is 13.6 Å². The quantitative estimate of drug-likeness (QED) is 0.424. The lowest BCUT2D eigenvalue weighted by atomic mass is 9.94. The Balaban J connectivity index is 1.21. The molecule has 6 rings (SSSR count). The van der Waals surface area contributed by atoms with Crippen LogP contribution in [0.3, 0.4) is 0 Å². The van der Waals surface area contributed by atoms with Gasteiger partial charge < -0.3 is 14.5 Å². The molecule has 2 aromatic carbocycles. The number of nitrogens with one attached hydrogen (secondary N) is 1. The predicted molar refractivity (Wildman–Crippen MR) is 139 cm³/mol. The Morgan fingerprint density at radius 2 is 1.78 bits per heavy atom.